The van der Waals surface area contributed by atoms with Crippen molar-refractivity contribution in [1.82, 2.24) is 4.90 Å². The summed E-state index contributed by atoms with van der Waals surface area (Å²) in [6.45, 7) is 3.01. The van der Waals surface area contributed by atoms with E-state index < -0.39 is 5.97 Å². The predicted octanol–water partition coefficient (Wildman–Crippen LogP) is 1.53. The fraction of sp³-hybridized carbons (Fsp3) is 0.667. The number of hydrogen-bond acceptors (Lipinski definition) is 2. The van der Waals surface area contributed by atoms with Crippen LogP contribution >= 0.6 is 12.4 Å². The first-order chi connectivity index (χ1) is 5.79. The number of hydrogen-bond donors (Lipinski definition) is 1. The summed E-state index contributed by atoms with van der Waals surface area (Å²) < 4.78 is 0. The standard InChI is InChI=1S/C9H15NO2.ClH/c11-9(12)5-4-8-10-6-2-1-3-7-10;/h4-5H,1-3,6-8H2,(H,11,12);1H. The smallest absolute Gasteiger partial charge is 0.328 e. The van der Waals surface area contributed by atoms with Gasteiger partial charge in [0.2, 0.25) is 0 Å². The van der Waals surface area contributed by atoms with Crippen molar-refractivity contribution >= 4 is 18.4 Å². The van der Waals surface area contributed by atoms with Crippen LogP contribution in [0.15, 0.2) is 12.2 Å². The van der Waals surface area contributed by atoms with E-state index >= 15 is 0 Å². The van der Waals surface area contributed by atoms with E-state index in [0.717, 1.165) is 19.6 Å². The molecule has 0 radical (unpaired) electrons. The summed E-state index contributed by atoms with van der Waals surface area (Å²) in [6, 6.07) is 0. The lowest BCUT2D eigenvalue weighted by Crippen LogP contribution is -2.29. The molecule has 1 saturated heterocycles. The Kier molecular flexibility index (Phi) is 6.63. The minimum absolute atomic E-state index is 0. The maximum atomic E-state index is 10.1. The molecule has 13 heavy (non-hydrogen) atoms. The van der Waals surface area contributed by atoms with Gasteiger partial charge >= 0.3 is 5.97 Å². The van der Waals surface area contributed by atoms with Crippen molar-refractivity contribution < 1.29 is 9.90 Å². The van der Waals surface area contributed by atoms with Gasteiger partial charge in [-0.15, -0.1) is 12.4 Å². The van der Waals surface area contributed by atoms with E-state index in [1.807, 2.05) is 0 Å². The third-order valence-corrected chi connectivity index (χ3v) is 2.07. The molecule has 0 aromatic heterocycles. The van der Waals surface area contributed by atoms with E-state index in [9.17, 15) is 4.79 Å². The van der Waals surface area contributed by atoms with E-state index in [4.69, 9.17) is 5.11 Å². The van der Waals surface area contributed by atoms with E-state index in [-0.39, 0.29) is 12.4 Å². The number of nitrogens with zero attached hydrogens (tertiary/aromatic N) is 1. The van der Waals surface area contributed by atoms with Gasteiger partial charge in [0.15, 0.2) is 0 Å². The second kappa shape index (κ2) is 6.92. The van der Waals surface area contributed by atoms with Crippen LogP contribution in [0.2, 0.25) is 0 Å². The highest BCUT2D eigenvalue weighted by atomic mass is 35.5. The summed E-state index contributed by atoms with van der Waals surface area (Å²) in [5, 5.41) is 8.34. The molecule has 0 unspecified atom stereocenters. The number of carboxylic acid groups (broad SMARTS) is 1. The quantitative estimate of drug-likeness (QED) is 0.711. The number of likely N-dealkylation sites (tertiary alicyclic amines) is 1. The van der Waals surface area contributed by atoms with Crippen LogP contribution in [0.25, 0.3) is 0 Å². The number of piperidine rings is 1. The summed E-state index contributed by atoms with van der Waals surface area (Å²) in [5.74, 6) is -0.855. The molecule has 0 aromatic carbocycles. The average Bonchev–Trinajstić information content (AvgIpc) is 2.05. The van der Waals surface area contributed by atoms with E-state index in [1.54, 1.807) is 6.08 Å². The lowest BCUT2D eigenvalue weighted by Gasteiger charge is -2.24. The van der Waals surface area contributed by atoms with Crippen LogP contribution in [0.5, 0.6) is 0 Å². The normalized spacial score (nSPS) is 18.5. The van der Waals surface area contributed by atoms with Gasteiger partial charge in [-0.2, -0.15) is 0 Å². The largest absolute Gasteiger partial charge is 0.478 e. The first kappa shape index (κ1) is 12.5. The van der Waals surface area contributed by atoms with Gasteiger partial charge in [-0.25, -0.2) is 4.79 Å². The molecule has 1 rings (SSSR count). The topological polar surface area (TPSA) is 40.5 Å². The first-order valence-electron chi connectivity index (χ1n) is 4.41. The van der Waals surface area contributed by atoms with Crippen molar-refractivity contribution in [3.05, 3.63) is 12.2 Å². The lowest BCUT2D eigenvalue weighted by atomic mass is 10.1. The molecule has 0 bridgehead atoms. The molecule has 1 heterocycles. The van der Waals surface area contributed by atoms with Gasteiger partial charge < -0.3 is 5.11 Å². The predicted molar refractivity (Wildman–Crippen MR) is 54.3 cm³/mol. The molecule has 0 saturated carbocycles. The summed E-state index contributed by atoms with van der Waals surface area (Å²) in [6.07, 6.45) is 6.75. The fourth-order valence-electron chi connectivity index (χ4n) is 1.44. The van der Waals surface area contributed by atoms with Gasteiger partial charge in [-0.3, -0.25) is 4.90 Å². The molecular weight excluding hydrogens is 190 g/mol. The molecule has 0 aliphatic carbocycles. The lowest BCUT2D eigenvalue weighted by molar-refractivity contribution is -0.131. The second-order valence-corrected chi connectivity index (χ2v) is 3.10. The Balaban J connectivity index is 0.00000144. The van der Waals surface area contributed by atoms with Crippen LogP contribution in [0.1, 0.15) is 19.3 Å². The monoisotopic (exact) mass is 205 g/mol. The maximum absolute atomic E-state index is 10.1. The van der Waals surface area contributed by atoms with Crippen molar-refractivity contribution in [3.8, 4) is 0 Å². The Bertz CT molecular complexity index is 176. The number of carbonyl (C=O) groups is 1. The van der Waals surface area contributed by atoms with E-state index in [0.29, 0.717) is 0 Å². The van der Waals surface area contributed by atoms with Crippen molar-refractivity contribution in [2.45, 2.75) is 19.3 Å². The molecule has 0 atom stereocenters. The van der Waals surface area contributed by atoms with Gasteiger partial charge in [-0.1, -0.05) is 12.5 Å². The van der Waals surface area contributed by atoms with Crippen LogP contribution in [0, 0.1) is 0 Å². The Labute approximate surface area is 84.8 Å². The molecule has 1 N–H and O–H groups in total. The highest BCUT2D eigenvalue weighted by molar-refractivity contribution is 5.85. The van der Waals surface area contributed by atoms with Crippen LogP contribution < -0.4 is 0 Å². The van der Waals surface area contributed by atoms with Gasteiger partial charge in [0, 0.05) is 12.6 Å². The van der Waals surface area contributed by atoms with Crippen LogP contribution in [-0.2, 0) is 4.79 Å². The third-order valence-electron chi connectivity index (χ3n) is 2.07. The number of aliphatic carboxylic acids is 1. The molecule has 3 nitrogen and oxygen atoms in total. The van der Waals surface area contributed by atoms with E-state index in [1.165, 1.54) is 25.3 Å². The van der Waals surface area contributed by atoms with Gasteiger partial charge in [0.05, 0.1) is 0 Å². The molecule has 1 fully saturated rings. The molecule has 0 amide bonds. The summed E-state index contributed by atoms with van der Waals surface area (Å²) >= 11 is 0. The first-order valence-corrected chi connectivity index (χ1v) is 4.41. The van der Waals surface area contributed by atoms with Crippen molar-refractivity contribution in [2.24, 2.45) is 0 Å². The Morgan fingerprint density at radius 1 is 1.31 bits per heavy atom. The maximum Gasteiger partial charge on any atom is 0.328 e. The Hall–Kier alpha value is -0.540. The van der Waals surface area contributed by atoms with Crippen molar-refractivity contribution in [1.29, 1.82) is 0 Å². The molecule has 4 heteroatoms. The summed E-state index contributed by atoms with van der Waals surface area (Å²) in [7, 11) is 0. The summed E-state index contributed by atoms with van der Waals surface area (Å²) in [5.41, 5.74) is 0. The van der Waals surface area contributed by atoms with E-state index in [2.05, 4.69) is 4.90 Å². The SMILES string of the molecule is Cl.O=C(O)C=CCN1CCCCC1. The average molecular weight is 206 g/mol. The van der Waals surface area contributed by atoms with Crippen LogP contribution in [0.4, 0.5) is 0 Å². The van der Waals surface area contributed by atoms with Crippen molar-refractivity contribution in [3.63, 3.8) is 0 Å². The Morgan fingerprint density at radius 3 is 2.46 bits per heavy atom. The van der Waals surface area contributed by atoms with Crippen molar-refractivity contribution in [2.75, 3.05) is 19.6 Å². The van der Waals surface area contributed by atoms with Gasteiger partial charge in [0.25, 0.3) is 0 Å². The molecule has 0 aromatic rings. The fourth-order valence-corrected chi connectivity index (χ4v) is 1.44. The van der Waals surface area contributed by atoms with Gasteiger partial charge in [0.1, 0.15) is 0 Å². The molecule has 1 aliphatic heterocycles. The molecule has 76 valence electrons. The molecule has 1 aliphatic rings. The highest BCUT2D eigenvalue weighted by Crippen LogP contribution is 2.07. The zero-order chi connectivity index (χ0) is 8.81. The minimum atomic E-state index is -0.855. The minimum Gasteiger partial charge on any atom is -0.478 e. The number of rotatable bonds is 3. The molecular formula is C9H16ClNO2. The molecule has 0 spiro atoms. The zero-order valence-electron chi connectivity index (χ0n) is 7.61. The number of carboxylic acids is 1. The van der Waals surface area contributed by atoms with Crippen LogP contribution in [0.3, 0.4) is 0 Å². The number of halogens is 1. The summed E-state index contributed by atoms with van der Waals surface area (Å²) in [4.78, 5) is 12.4. The second-order valence-electron chi connectivity index (χ2n) is 3.10. The highest BCUT2D eigenvalue weighted by Gasteiger charge is 2.07. The third kappa shape index (κ3) is 5.66. The van der Waals surface area contributed by atoms with Crippen LogP contribution in [-0.4, -0.2) is 35.6 Å². The van der Waals surface area contributed by atoms with Gasteiger partial charge in [-0.05, 0) is 25.9 Å². The zero-order valence-corrected chi connectivity index (χ0v) is 8.42. The Morgan fingerprint density at radius 2 is 1.92 bits per heavy atom.